The lowest BCUT2D eigenvalue weighted by Crippen LogP contribution is -2.03. The quantitative estimate of drug-likeness (QED) is 0.437. The largest absolute Gasteiger partial charge is 0.203 e. The standard InChI is InChI=1S/C13H4F5N/c14-9-8(7-3-1-6(5-19)2-4-7)10(15)12(17)13(18)11(9)16/h1-4H. The van der Waals surface area contributed by atoms with Crippen LogP contribution in [0.15, 0.2) is 24.3 Å². The van der Waals surface area contributed by atoms with E-state index in [1.165, 1.54) is 12.1 Å². The van der Waals surface area contributed by atoms with E-state index in [2.05, 4.69) is 0 Å². The molecule has 0 aliphatic rings. The maximum atomic E-state index is 13.5. The highest BCUT2D eigenvalue weighted by atomic mass is 19.2. The van der Waals surface area contributed by atoms with E-state index in [1.54, 1.807) is 6.07 Å². The summed E-state index contributed by atoms with van der Waals surface area (Å²) in [6.07, 6.45) is 0. The number of benzene rings is 2. The van der Waals surface area contributed by atoms with Gasteiger partial charge in [0.1, 0.15) is 0 Å². The molecule has 0 aliphatic heterocycles. The molecule has 0 heterocycles. The van der Waals surface area contributed by atoms with Crippen LogP contribution in [0.25, 0.3) is 11.1 Å². The summed E-state index contributed by atoms with van der Waals surface area (Å²) >= 11 is 0. The van der Waals surface area contributed by atoms with Crippen molar-refractivity contribution in [3.63, 3.8) is 0 Å². The van der Waals surface area contributed by atoms with Crippen LogP contribution in [-0.2, 0) is 0 Å². The minimum atomic E-state index is -2.20. The first-order valence-corrected chi connectivity index (χ1v) is 4.99. The van der Waals surface area contributed by atoms with Crippen LogP contribution in [0, 0.1) is 40.4 Å². The zero-order valence-electron chi connectivity index (χ0n) is 9.15. The first kappa shape index (κ1) is 13.0. The Hall–Kier alpha value is -2.42. The van der Waals surface area contributed by atoms with Crippen LogP contribution in [0.3, 0.4) is 0 Å². The highest BCUT2D eigenvalue weighted by molar-refractivity contribution is 5.66. The highest BCUT2D eigenvalue weighted by Crippen LogP contribution is 2.31. The zero-order chi connectivity index (χ0) is 14.2. The average Bonchev–Trinajstić information content (AvgIpc) is 2.44. The van der Waals surface area contributed by atoms with Crippen molar-refractivity contribution in [2.45, 2.75) is 0 Å². The fourth-order valence-electron chi connectivity index (χ4n) is 1.57. The Bertz CT molecular complexity index is 657. The monoisotopic (exact) mass is 269 g/mol. The molecule has 0 spiro atoms. The van der Waals surface area contributed by atoms with E-state index in [-0.39, 0.29) is 11.1 Å². The van der Waals surface area contributed by atoms with Crippen LogP contribution >= 0.6 is 0 Å². The normalized spacial score (nSPS) is 10.3. The Morgan fingerprint density at radius 1 is 0.684 bits per heavy atom. The molecule has 0 N–H and O–H groups in total. The van der Waals surface area contributed by atoms with Crippen LogP contribution in [0.1, 0.15) is 5.56 Å². The molecule has 0 bridgehead atoms. The lowest BCUT2D eigenvalue weighted by molar-refractivity contribution is 0.381. The van der Waals surface area contributed by atoms with E-state index in [4.69, 9.17) is 5.26 Å². The topological polar surface area (TPSA) is 23.8 Å². The molecule has 19 heavy (non-hydrogen) atoms. The van der Waals surface area contributed by atoms with Crippen LogP contribution in [0.2, 0.25) is 0 Å². The summed E-state index contributed by atoms with van der Waals surface area (Å²) < 4.78 is 65.9. The van der Waals surface area contributed by atoms with Gasteiger partial charge >= 0.3 is 0 Å². The van der Waals surface area contributed by atoms with E-state index >= 15 is 0 Å². The zero-order valence-corrected chi connectivity index (χ0v) is 9.15. The molecule has 2 rings (SSSR count). The van der Waals surface area contributed by atoms with Crippen LogP contribution in [-0.4, -0.2) is 0 Å². The molecule has 0 aromatic heterocycles. The van der Waals surface area contributed by atoms with Gasteiger partial charge in [0.25, 0.3) is 0 Å². The maximum absolute atomic E-state index is 13.5. The number of nitriles is 1. The number of nitrogens with zero attached hydrogens (tertiary/aromatic N) is 1. The molecular weight excluding hydrogens is 265 g/mol. The number of halogens is 5. The smallest absolute Gasteiger partial charge is 0.200 e. The van der Waals surface area contributed by atoms with Gasteiger partial charge in [-0.2, -0.15) is 5.26 Å². The van der Waals surface area contributed by atoms with E-state index in [0.717, 1.165) is 12.1 Å². The Balaban J connectivity index is 2.72. The second kappa shape index (κ2) is 4.69. The van der Waals surface area contributed by atoms with E-state index in [9.17, 15) is 22.0 Å². The molecule has 0 aliphatic carbocycles. The third-order valence-electron chi connectivity index (χ3n) is 2.51. The molecule has 2 aromatic rings. The Labute approximate surface area is 104 Å². The van der Waals surface area contributed by atoms with Crippen molar-refractivity contribution in [3.8, 4) is 17.2 Å². The van der Waals surface area contributed by atoms with Gasteiger partial charge in [-0.25, -0.2) is 22.0 Å². The molecule has 1 nitrogen and oxygen atoms in total. The van der Waals surface area contributed by atoms with Gasteiger partial charge in [-0.15, -0.1) is 0 Å². The fourth-order valence-corrected chi connectivity index (χ4v) is 1.57. The van der Waals surface area contributed by atoms with Gasteiger partial charge in [0.15, 0.2) is 23.3 Å². The molecular formula is C13H4F5N. The molecule has 0 amide bonds. The third kappa shape index (κ3) is 2.03. The molecule has 0 radical (unpaired) electrons. The van der Waals surface area contributed by atoms with E-state index in [0.29, 0.717) is 0 Å². The van der Waals surface area contributed by atoms with Gasteiger partial charge in [-0.3, -0.25) is 0 Å². The third-order valence-corrected chi connectivity index (χ3v) is 2.51. The van der Waals surface area contributed by atoms with Gasteiger partial charge in [-0.05, 0) is 17.7 Å². The summed E-state index contributed by atoms with van der Waals surface area (Å²) in [7, 11) is 0. The van der Waals surface area contributed by atoms with Crippen molar-refractivity contribution in [1.29, 1.82) is 5.26 Å². The molecule has 0 saturated carbocycles. The van der Waals surface area contributed by atoms with Crippen molar-refractivity contribution >= 4 is 0 Å². The molecule has 96 valence electrons. The summed E-state index contributed by atoms with van der Waals surface area (Å²) in [5.74, 6) is -10.0. The second-order valence-electron chi connectivity index (χ2n) is 3.63. The van der Waals surface area contributed by atoms with E-state index < -0.39 is 34.6 Å². The first-order chi connectivity index (χ1) is 8.97. The van der Waals surface area contributed by atoms with E-state index in [1.807, 2.05) is 0 Å². The van der Waals surface area contributed by atoms with Gasteiger partial charge < -0.3 is 0 Å². The summed E-state index contributed by atoms with van der Waals surface area (Å²) in [5.41, 5.74) is -1.01. The van der Waals surface area contributed by atoms with Gasteiger partial charge in [-0.1, -0.05) is 12.1 Å². The molecule has 0 unspecified atom stereocenters. The molecule has 0 saturated heterocycles. The fraction of sp³-hybridized carbons (Fsp3) is 0. The van der Waals surface area contributed by atoms with Crippen LogP contribution in [0.5, 0.6) is 0 Å². The van der Waals surface area contributed by atoms with Crippen molar-refractivity contribution < 1.29 is 22.0 Å². The van der Waals surface area contributed by atoms with Crippen LogP contribution < -0.4 is 0 Å². The van der Waals surface area contributed by atoms with Gasteiger partial charge in [0, 0.05) is 0 Å². The Morgan fingerprint density at radius 3 is 1.53 bits per heavy atom. The predicted octanol–water partition coefficient (Wildman–Crippen LogP) is 3.92. The highest BCUT2D eigenvalue weighted by Gasteiger charge is 2.26. The van der Waals surface area contributed by atoms with Crippen molar-refractivity contribution in [2.24, 2.45) is 0 Å². The Kier molecular flexibility index (Phi) is 3.21. The van der Waals surface area contributed by atoms with Gasteiger partial charge in [0.2, 0.25) is 5.82 Å². The van der Waals surface area contributed by atoms with Crippen LogP contribution in [0.4, 0.5) is 22.0 Å². The number of rotatable bonds is 1. The maximum Gasteiger partial charge on any atom is 0.200 e. The summed E-state index contributed by atoms with van der Waals surface area (Å²) in [6, 6.07) is 6.42. The van der Waals surface area contributed by atoms with Crippen molar-refractivity contribution in [3.05, 3.63) is 58.9 Å². The molecule has 0 fully saturated rings. The minimum absolute atomic E-state index is 0.202. The minimum Gasteiger partial charge on any atom is -0.203 e. The lowest BCUT2D eigenvalue weighted by atomic mass is 10.0. The molecule has 2 aromatic carbocycles. The SMILES string of the molecule is N#Cc1ccc(-c2c(F)c(F)c(F)c(F)c2F)cc1. The second-order valence-corrected chi connectivity index (χ2v) is 3.63. The first-order valence-electron chi connectivity index (χ1n) is 4.99. The van der Waals surface area contributed by atoms with Crippen molar-refractivity contribution in [2.75, 3.05) is 0 Å². The Morgan fingerprint density at radius 2 is 1.11 bits per heavy atom. The van der Waals surface area contributed by atoms with Gasteiger partial charge in [0.05, 0.1) is 17.2 Å². The average molecular weight is 269 g/mol. The number of hydrogen-bond donors (Lipinski definition) is 0. The summed E-state index contributed by atoms with van der Waals surface area (Å²) in [4.78, 5) is 0. The van der Waals surface area contributed by atoms with Crippen molar-refractivity contribution in [1.82, 2.24) is 0 Å². The molecule has 6 heteroatoms. The predicted molar refractivity (Wildman–Crippen MR) is 56.4 cm³/mol. The summed E-state index contributed by atoms with van der Waals surface area (Å²) in [5, 5.41) is 8.57. The molecule has 0 atom stereocenters. The summed E-state index contributed by atoms with van der Waals surface area (Å²) in [6.45, 7) is 0. The number of hydrogen-bond acceptors (Lipinski definition) is 1. The lowest BCUT2D eigenvalue weighted by Gasteiger charge is -2.08.